The molecule has 0 N–H and O–H groups in total. The van der Waals surface area contributed by atoms with E-state index in [1.807, 2.05) is 0 Å². The lowest BCUT2D eigenvalue weighted by Crippen LogP contribution is -2.08. The fraction of sp³-hybridized carbons (Fsp3) is 0.833. The van der Waals surface area contributed by atoms with Gasteiger partial charge in [-0.15, -0.1) is 0 Å². The van der Waals surface area contributed by atoms with Gasteiger partial charge in [-0.1, -0.05) is 6.92 Å². The molecule has 0 atom stereocenters. The Bertz CT molecular complexity index is 118. The van der Waals surface area contributed by atoms with Crippen molar-refractivity contribution >= 4 is 5.90 Å². The maximum Gasteiger partial charge on any atom is 0.336 e. The molecule has 8 heavy (non-hydrogen) atoms. The highest BCUT2D eigenvalue weighted by molar-refractivity contribution is 5.71. The summed E-state index contributed by atoms with van der Waals surface area (Å²) in [4.78, 5) is 0. The van der Waals surface area contributed by atoms with Gasteiger partial charge in [-0.05, 0) is 0 Å². The van der Waals surface area contributed by atoms with Gasteiger partial charge in [-0.3, -0.25) is 0 Å². The maximum absolute atomic E-state index is 5.26. The van der Waals surface area contributed by atoms with E-state index in [-0.39, 0.29) is 0 Å². The molecule has 0 aromatic heterocycles. The van der Waals surface area contributed by atoms with Gasteiger partial charge in [0.2, 0.25) is 0 Å². The summed E-state index contributed by atoms with van der Waals surface area (Å²) in [6.45, 7) is 4.04. The van der Waals surface area contributed by atoms with Gasteiger partial charge in [0.25, 0.3) is 0 Å². The molecule has 0 unspecified atom stereocenters. The third-order valence-corrected chi connectivity index (χ3v) is 1.42. The van der Waals surface area contributed by atoms with E-state index >= 15 is 0 Å². The molecular weight excluding hydrogens is 102 g/mol. The molecule has 0 aliphatic carbocycles. The van der Waals surface area contributed by atoms with Crippen molar-refractivity contribution < 1.29 is 9.31 Å². The maximum atomic E-state index is 5.26. The van der Waals surface area contributed by atoms with Crippen LogP contribution in [0, 0.1) is 0 Å². The summed E-state index contributed by atoms with van der Waals surface area (Å²) in [7, 11) is 2.06. The first-order valence-electron chi connectivity index (χ1n) is 3.04. The SMILES string of the molecule is CCC1=[N+](C)CCO1. The summed E-state index contributed by atoms with van der Waals surface area (Å²) >= 11 is 0. The average molecular weight is 114 g/mol. The number of rotatable bonds is 1. The topological polar surface area (TPSA) is 12.2 Å². The Morgan fingerprint density at radius 2 is 2.50 bits per heavy atom. The molecule has 2 heteroatoms. The third kappa shape index (κ3) is 0.831. The number of ether oxygens (including phenoxy) is 1. The van der Waals surface area contributed by atoms with Gasteiger partial charge in [-0.2, -0.15) is 0 Å². The first kappa shape index (κ1) is 5.60. The van der Waals surface area contributed by atoms with Gasteiger partial charge in [0.15, 0.2) is 13.2 Å². The van der Waals surface area contributed by atoms with Crippen molar-refractivity contribution in [2.24, 2.45) is 0 Å². The van der Waals surface area contributed by atoms with E-state index in [2.05, 4.69) is 18.5 Å². The Morgan fingerprint density at radius 1 is 1.75 bits per heavy atom. The molecule has 0 amide bonds. The second kappa shape index (κ2) is 2.16. The van der Waals surface area contributed by atoms with Crippen LogP contribution in [0.1, 0.15) is 13.3 Å². The van der Waals surface area contributed by atoms with E-state index < -0.39 is 0 Å². The van der Waals surface area contributed by atoms with Gasteiger partial charge in [-0.25, -0.2) is 4.58 Å². The quantitative estimate of drug-likeness (QED) is 0.451. The Hall–Kier alpha value is -0.530. The van der Waals surface area contributed by atoms with Crippen LogP contribution in [0.25, 0.3) is 0 Å². The van der Waals surface area contributed by atoms with Gasteiger partial charge >= 0.3 is 5.90 Å². The highest BCUT2D eigenvalue weighted by atomic mass is 16.5. The summed E-state index contributed by atoms with van der Waals surface area (Å²) in [6.07, 6.45) is 1.02. The number of hydrogen-bond acceptors (Lipinski definition) is 1. The summed E-state index contributed by atoms with van der Waals surface area (Å²) in [5, 5.41) is 0. The summed E-state index contributed by atoms with van der Waals surface area (Å²) < 4.78 is 7.41. The molecule has 0 aromatic rings. The van der Waals surface area contributed by atoms with Crippen molar-refractivity contribution in [2.45, 2.75) is 13.3 Å². The van der Waals surface area contributed by atoms with Gasteiger partial charge in [0, 0.05) is 0 Å². The molecule has 0 radical (unpaired) electrons. The minimum absolute atomic E-state index is 0.875. The molecule has 1 aliphatic heterocycles. The molecule has 1 aliphatic rings. The van der Waals surface area contributed by atoms with Crippen LogP contribution in [0.4, 0.5) is 0 Å². The zero-order chi connectivity index (χ0) is 5.98. The zero-order valence-electron chi connectivity index (χ0n) is 5.48. The average Bonchev–Trinajstić information content (AvgIpc) is 2.14. The van der Waals surface area contributed by atoms with Crippen molar-refractivity contribution in [3.63, 3.8) is 0 Å². The smallest absolute Gasteiger partial charge is 0.336 e. The molecule has 1 heterocycles. The van der Waals surface area contributed by atoms with E-state index in [4.69, 9.17) is 4.74 Å². The number of likely N-dealkylation sites (N-methyl/N-ethyl adjacent to an activating group) is 1. The lowest BCUT2D eigenvalue weighted by atomic mass is 10.5. The van der Waals surface area contributed by atoms with Crippen molar-refractivity contribution in [3.8, 4) is 0 Å². The zero-order valence-corrected chi connectivity index (χ0v) is 5.48. The van der Waals surface area contributed by atoms with Gasteiger partial charge in [0.1, 0.15) is 7.05 Å². The second-order valence-electron chi connectivity index (χ2n) is 2.02. The predicted octanol–water partition coefficient (Wildman–Crippen LogP) is 0.467. The molecule has 2 nitrogen and oxygen atoms in total. The van der Waals surface area contributed by atoms with E-state index in [1.54, 1.807) is 0 Å². The lowest BCUT2D eigenvalue weighted by Gasteiger charge is -1.88. The Balaban J connectivity index is 2.58. The number of nitrogens with zero attached hydrogens (tertiary/aromatic N) is 1. The van der Waals surface area contributed by atoms with Gasteiger partial charge < -0.3 is 4.74 Å². The second-order valence-corrected chi connectivity index (χ2v) is 2.02. The largest absolute Gasteiger partial charge is 0.441 e. The van der Waals surface area contributed by atoms with Crippen LogP contribution < -0.4 is 0 Å². The van der Waals surface area contributed by atoms with Crippen molar-refractivity contribution in [3.05, 3.63) is 0 Å². The first-order chi connectivity index (χ1) is 3.84. The predicted molar refractivity (Wildman–Crippen MR) is 32.3 cm³/mol. The van der Waals surface area contributed by atoms with Crippen LogP contribution >= 0.6 is 0 Å². The standard InChI is InChI=1S/C6H12NO/c1-3-6-7(2)4-5-8-6/h3-5H2,1-2H3/q+1. The molecule has 0 aromatic carbocycles. The van der Waals surface area contributed by atoms with Crippen molar-refractivity contribution in [1.29, 1.82) is 0 Å². The van der Waals surface area contributed by atoms with Crippen molar-refractivity contribution in [2.75, 3.05) is 20.2 Å². The van der Waals surface area contributed by atoms with Crippen LogP contribution in [0.5, 0.6) is 0 Å². The molecule has 1 rings (SSSR count). The number of hydrogen-bond donors (Lipinski definition) is 0. The summed E-state index contributed by atoms with van der Waals surface area (Å²) in [5.41, 5.74) is 0. The Morgan fingerprint density at radius 3 is 2.75 bits per heavy atom. The van der Waals surface area contributed by atoms with E-state index in [1.165, 1.54) is 0 Å². The van der Waals surface area contributed by atoms with E-state index in [9.17, 15) is 0 Å². The normalized spacial score (nSPS) is 19.2. The van der Waals surface area contributed by atoms with Crippen molar-refractivity contribution in [1.82, 2.24) is 0 Å². The molecule has 0 saturated carbocycles. The van der Waals surface area contributed by atoms with Crippen LogP contribution in [-0.2, 0) is 4.74 Å². The van der Waals surface area contributed by atoms with Crippen LogP contribution in [0.3, 0.4) is 0 Å². The Labute approximate surface area is 49.8 Å². The fourth-order valence-corrected chi connectivity index (χ4v) is 0.907. The molecule has 0 fully saturated rings. The minimum atomic E-state index is 0.875. The highest BCUT2D eigenvalue weighted by Crippen LogP contribution is 1.94. The summed E-state index contributed by atoms with van der Waals surface area (Å²) in [6, 6.07) is 0. The highest BCUT2D eigenvalue weighted by Gasteiger charge is 2.16. The van der Waals surface area contributed by atoms with Gasteiger partial charge in [0.05, 0.1) is 6.42 Å². The molecule has 46 valence electrons. The molecule has 0 bridgehead atoms. The monoisotopic (exact) mass is 114 g/mol. The first-order valence-corrected chi connectivity index (χ1v) is 3.04. The summed E-state index contributed by atoms with van der Waals surface area (Å²) in [5.74, 6) is 1.13. The fourth-order valence-electron chi connectivity index (χ4n) is 0.907. The molecule has 0 spiro atoms. The van der Waals surface area contributed by atoms with E-state index in [0.717, 1.165) is 25.5 Å². The molecular formula is C6H12NO+. The third-order valence-electron chi connectivity index (χ3n) is 1.42. The van der Waals surface area contributed by atoms with Crippen LogP contribution in [0.15, 0.2) is 0 Å². The van der Waals surface area contributed by atoms with E-state index in [0.29, 0.717) is 0 Å². The Kier molecular flexibility index (Phi) is 1.51. The van der Waals surface area contributed by atoms with Crippen LogP contribution in [0.2, 0.25) is 0 Å². The van der Waals surface area contributed by atoms with Crippen LogP contribution in [-0.4, -0.2) is 30.7 Å². The minimum Gasteiger partial charge on any atom is -0.441 e. The lowest BCUT2D eigenvalue weighted by molar-refractivity contribution is -0.487. The molecule has 0 saturated heterocycles.